The lowest BCUT2D eigenvalue weighted by Crippen LogP contribution is -2.13. The smallest absolute Gasteiger partial charge is 0.255 e. The lowest BCUT2D eigenvalue weighted by Gasteiger charge is -2.11. The van der Waals surface area contributed by atoms with Crippen molar-refractivity contribution >= 4 is 35.0 Å². The van der Waals surface area contributed by atoms with Gasteiger partial charge in [0, 0.05) is 40.1 Å². The quantitative estimate of drug-likeness (QED) is 0.759. The van der Waals surface area contributed by atoms with Gasteiger partial charge in [0.1, 0.15) is 0 Å². The zero-order valence-corrected chi connectivity index (χ0v) is 14.4. The van der Waals surface area contributed by atoms with E-state index in [0.29, 0.717) is 18.2 Å². The van der Waals surface area contributed by atoms with Gasteiger partial charge in [-0.1, -0.05) is 11.6 Å². The molecular formula is C17H13ClF3NO2S. The first-order chi connectivity index (χ1) is 11.9. The average Bonchev–Trinajstić information content (AvgIpc) is 3.07. The molecule has 2 aromatic carbocycles. The van der Waals surface area contributed by atoms with Crippen molar-refractivity contribution in [3.05, 3.63) is 58.4 Å². The highest BCUT2D eigenvalue weighted by Gasteiger charge is 2.19. The third-order valence-electron chi connectivity index (χ3n) is 3.62. The minimum absolute atomic E-state index is 0.172. The van der Waals surface area contributed by atoms with Crippen LogP contribution in [0.5, 0.6) is 0 Å². The Morgan fingerprint density at radius 1 is 1.20 bits per heavy atom. The number of halogens is 4. The topological polar surface area (TPSA) is 38.3 Å². The average molecular weight is 388 g/mol. The summed E-state index contributed by atoms with van der Waals surface area (Å²) in [6.07, 6.45) is 0.894. The van der Waals surface area contributed by atoms with E-state index in [4.69, 9.17) is 16.3 Å². The molecule has 0 bridgehead atoms. The summed E-state index contributed by atoms with van der Waals surface area (Å²) in [5.41, 5.74) is 0.103. The number of hydrogen-bond acceptors (Lipinski definition) is 3. The molecule has 0 aliphatic carbocycles. The summed E-state index contributed by atoms with van der Waals surface area (Å²) in [7, 11) is 0. The van der Waals surface area contributed by atoms with Crippen LogP contribution in [0.25, 0.3) is 0 Å². The van der Waals surface area contributed by atoms with Crippen molar-refractivity contribution in [3.63, 3.8) is 0 Å². The zero-order chi connectivity index (χ0) is 18.0. The number of rotatable bonds is 4. The Hall–Kier alpha value is -1.70. The van der Waals surface area contributed by atoms with Crippen molar-refractivity contribution in [3.8, 4) is 0 Å². The fourth-order valence-corrected chi connectivity index (χ4v) is 3.72. The summed E-state index contributed by atoms with van der Waals surface area (Å²) in [6, 6.07) is 6.13. The Morgan fingerprint density at radius 3 is 2.56 bits per heavy atom. The van der Waals surface area contributed by atoms with E-state index in [9.17, 15) is 18.0 Å². The molecule has 1 saturated heterocycles. The zero-order valence-electron chi connectivity index (χ0n) is 12.8. The normalized spacial score (nSPS) is 16.9. The molecule has 1 aliphatic rings. The van der Waals surface area contributed by atoms with Crippen LogP contribution in [0.4, 0.5) is 18.9 Å². The second-order valence-corrected chi connectivity index (χ2v) is 7.21. The first-order valence-electron chi connectivity index (χ1n) is 7.44. The molecule has 3 rings (SSSR count). The molecule has 25 heavy (non-hydrogen) atoms. The highest BCUT2D eigenvalue weighted by Crippen LogP contribution is 2.34. The van der Waals surface area contributed by atoms with Crippen LogP contribution in [0.15, 0.2) is 35.2 Å². The number of ether oxygens (including phenoxy) is 1. The maximum absolute atomic E-state index is 13.2. The third-order valence-corrected chi connectivity index (χ3v) is 5.36. The molecule has 1 aliphatic heterocycles. The molecule has 8 heteroatoms. The van der Waals surface area contributed by atoms with Gasteiger partial charge in [0.2, 0.25) is 0 Å². The van der Waals surface area contributed by atoms with Crippen molar-refractivity contribution in [2.75, 3.05) is 18.5 Å². The Bertz CT molecular complexity index is 789. The van der Waals surface area contributed by atoms with Crippen LogP contribution in [-0.2, 0) is 4.74 Å². The molecule has 2 aromatic rings. The van der Waals surface area contributed by atoms with Gasteiger partial charge in [-0.2, -0.15) is 0 Å². The van der Waals surface area contributed by atoms with E-state index < -0.39 is 23.4 Å². The molecule has 1 amide bonds. The van der Waals surface area contributed by atoms with Crippen LogP contribution in [0.2, 0.25) is 5.02 Å². The largest absolute Gasteiger partial charge is 0.380 e. The van der Waals surface area contributed by atoms with E-state index in [2.05, 4.69) is 5.32 Å². The molecule has 0 radical (unpaired) electrons. The molecule has 132 valence electrons. The fourth-order valence-electron chi connectivity index (χ4n) is 2.35. The van der Waals surface area contributed by atoms with Crippen LogP contribution in [0.1, 0.15) is 16.8 Å². The number of anilines is 1. The van der Waals surface area contributed by atoms with E-state index in [-0.39, 0.29) is 16.5 Å². The minimum Gasteiger partial charge on any atom is -0.380 e. The van der Waals surface area contributed by atoms with Gasteiger partial charge in [-0.3, -0.25) is 4.79 Å². The molecule has 1 N–H and O–H groups in total. The Kier molecular flexibility index (Phi) is 5.56. The predicted molar refractivity (Wildman–Crippen MR) is 90.8 cm³/mol. The van der Waals surface area contributed by atoms with Crippen LogP contribution < -0.4 is 5.32 Å². The van der Waals surface area contributed by atoms with Gasteiger partial charge in [-0.05, 0) is 24.6 Å². The number of carbonyl (C=O) groups excluding carboxylic acids is 1. The SMILES string of the molecule is O=C(Nc1cc(F)c(F)c(F)c1)c1ccc(Cl)c(SC2CCOC2)c1. The maximum Gasteiger partial charge on any atom is 0.255 e. The lowest BCUT2D eigenvalue weighted by atomic mass is 10.2. The molecule has 0 aromatic heterocycles. The molecular weight excluding hydrogens is 375 g/mol. The van der Waals surface area contributed by atoms with Crippen molar-refractivity contribution in [2.24, 2.45) is 0 Å². The molecule has 3 nitrogen and oxygen atoms in total. The summed E-state index contributed by atoms with van der Waals surface area (Å²) in [5, 5.41) is 3.11. The van der Waals surface area contributed by atoms with Gasteiger partial charge in [0.05, 0.1) is 11.6 Å². The first-order valence-corrected chi connectivity index (χ1v) is 8.69. The number of benzene rings is 2. The summed E-state index contributed by atoms with van der Waals surface area (Å²) in [4.78, 5) is 13.0. The van der Waals surface area contributed by atoms with Crippen LogP contribution >= 0.6 is 23.4 Å². The first kappa shape index (κ1) is 18.1. The highest BCUT2D eigenvalue weighted by molar-refractivity contribution is 8.00. The van der Waals surface area contributed by atoms with Gasteiger partial charge >= 0.3 is 0 Å². The fraction of sp³-hybridized carbons (Fsp3) is 0.235. The maximum atomic E-state index is 13.2. The van der Waals surface area contributed by atoms with Gasteiger partial charge in [0.25, 0.3) is 5.91 Å². The minimum atomic E-state index is -1.58. The third kappa shape index (κ3) is 4.29. The summed E-state index contributed by atoms with van der Waals surface area (Å²) >= 11 is 7.68. The van der Waals surface area contributed by atoms with E-state index in [0.717, 1.165) is 23.4 Å². The highest BCUT2D eigenvalue weighted by atomic mass is 35.5. The predicted octanol–water partition coefficient (Wildman–Crippen LogP) is 4.89. The number of nitrogens with one attached hydrogen (secondary N) is 1. The molecule has 1 fully saturated rings. The Morgan fingerprint density at radius 2 is 1.92 bits per heavy atom. The van der Waals surface area contributed by atoms with Gasteiger partial charge < -0.3 is 10.1 Å². The number of carbonyl (C=O) groups is 1. The van der Waals surface area contributed by atoms with Gasteiger partial charge in [0.15, 0.2) is 17.5 Å². The van der Waals surface area contributed by atoms with E-state index in [1.807, 2.05) is 0 Å². The summed E-state index contributed by atoms with van der Waals surface area (Å²) < 4.78 is 44.8. The summed E-state index contributed by atoms with van der Waals surface area (Å²) in [5.74, 6) is -4.90. The van der Waals surface area contributed by atoms with Crippen molar-refractivity contribution in [1.82, 2.24) is 0 Å². The Labute approximate surface area is 151 Å². The molecule has 0 saturated carbocycles. The molecule has 1 unspecified atom stereocenters. The van der Waals surface area contributed by atoms with Crippen molar-refractivity contribution in [2.45, 2.75) is 16.6 Å². The van der Waals surface area contributed by atoms with Crippen LogP contribution in [0.3, 0.4) is 0 Å². The van der Waals surface area contributed by atoms with Crippen molar-refractivity contribution in [1.29, 1.82) is 0 Å². The monoisotopic (exact) mass is 387 g/mol. The van der Waals surface area contributed by atoms with Gasteiger partial charge in [-0.15, -0.1) is 11.8 Å². The van der Waals surface area contributed by atoms with Crippen LogP contribution in [0, 0.1) is 17.5 Å². The van der Waals surface area contributed by atoms with E-state index in [1.165, 1.54) is 17.8 Å². The van der Waals surface area contributed by atoms with Crippen LogP contribution in [-0.4, -0.2) is 24.4 Å². The molecule has 1 atom stereocenters. The molecule has 1 heterocycles. The summed E-state index contributed by atoms with van der Waals surface area (Å²) in [6.45, 7) is 1.31. The Balaban J connectivity index is 1.77. The number of hydrogen-bond donors (Lipinski definition) is 1. The number of amides is 1. The van der Waals surface area contributed by atoms with E-state index >= 15 is 0 Å². The number of thioether (sulfide) groups is 1. The van der Waals surface area contributed by atoms with E-state index in [1.54, 1.807) is 12.1 Å². The molecule has 0 spiro atoms. The standard InChI is InChI=1S/C17H13ClF3NO2S/c18-12-2-1-9(5-15(12)25-11-3-4-24-8-11)17(23)22-10-6-13(19)16(21)14(20)7-10/h1-2,5-7,11H,3-4,8H2,(H,22,23). The van der Waals surface area contributed by atoms with Gasteiger partial charge in [-0.25, -0.2) is 13.2 Å². The van der Waals surface area contributed by atoms with Crippen molar-refractivity contribution < 1.29 is 22.7 Å². The second-order valence-electron chi connectivity index (χ2n) is 5.46. The second kappa shape index (κ2) is 7.68. The lowest BCUT2D eigenvalue weighted by molar-refractivity contribution is 0.102.